The van der Waals surface area contributed by atoms with E-state index in [0.29, 0.717) is 5.56 Å². The lowest BCUT2D eigenvalue weighted by Gasteiger charge is -2.25. The van der Waals surface area contributed by atoms with E-state index in [4.69, 9.17) is 23.1 Å². The van der Waals surface area contributed by atoms with Gasteiger partial charge in [0.2, 0.25) is 0 Å². The third-order valence-corrected chi connectivity index (χ3v) is 2.50. The summed E-state index contributed by atoms with van der Waals surface area (Å²) in [6.45, 7) is -0.195. The summed E-state index contributed by atoms with van der Waals surface area (Å²) in [7, 11) is 1.60. The Kier molecular flexibility index (Phi) is 4.53. The lowest BCUT2D eigenvalue weighted by Crippen LogP contribution is -2.37. The quantitative estimate of drug-likeness (QED) is 0.774. The van der Waals surface area contributed by atoms with Crippen LogP contribution in [0.5, 0.6) is 0 Å². The Hall–Kier alpha value is -1.53. The fourth-order valence-corrected chi connectivity index (χ4v) is 1.90. The number of thiocarbonyl (C=S) groups is 1. The van der Waals surface area contributed by atoms with Gasteiger partial charge in [0.15, 0.2) is 0 Å². The minimum Gasteiger partial charge on any atom is -0.480 e. The molecule has 0 fully saturated rings. The van der Waals surface area contributed by atoms with E-state index in [1.54, 1.807) is 7.05 Å². The molecule has 0 saturated heterocycles. The standard InChI is InChI=1S/C11H13FN2O2S/c1-14(6-9(15)16)10(11(13)17)7-2-4-8(12)5-3-7/h2-5,10H,6H2,1H3,(H2,13,17)(H,15,16). The van der Waals surface area contributed by atoms with Gasteiger partial charge in [0.25, 0.3) is 0 Å². The second kappa shape index (κ2) is 5.70. The topological polar surface area (TPSA) is 66.6 Å². The molecule has 4 nitrogen and oxygen atoms in total. The van der Waals surface area contributed by atoms with Gasteiger partial charge >= 0.3 is 5.97 Å². The molecular formula is C11H13FN2O2S. The van der Waals surface area contributed by atoms with Crippen molar-refractivity contribution in [2.24, 2.45) is 5.73 Å². The first-order chi connectivity index (χ1) is 7.91. The summed E-state index contributed by atoms with van der Waals surface area (Å²) in [5, 5.41) is 8.72. The number of nitrogens with zero attached hydrogens (tertiary/aromatic N) is 1. The zero-order chi connectivity index (χ0) is 13.0. The van der Waals surface area contributed by atoms with Crippen LogP contribution < -0.4 is 5.73 Å². The number of aliphatic carboxylic acids is 1. The smallest absolute Gasteiger partial charge is 0.317 e. The van der Waals surface area contributed by atoms with Crippen LogP contribution in [0.15, 0.2) is 24.3 Å². The first-order valence-electron chi connectivity index (χ1n) is 4.88. The van der Waals surface area contributed by atoms with Gasteiger partial charge in [-0.25, -0.2) is 4.39 Å². The predicted molar refractivity (Wildman–Crippen MR) is 66.2 cm³/mol. The molecule has 0 aromatic heterocycles. The van der Waals surface area contributed by atoms with E-state index >= 15 is 0 Å². The number of likely N-dealkylation sites (N-methyl/N-ethyl adjacent to an activating group) is 1. The molecule has 0 heterocycles. The summed E-state index contributed by atoms with van der Waals surface area (Å²) >= 11 is 4.91. The van der Waals surface area contributed by atoms with Crippen LogP contribution in [0.4, 0.5) is 4.39 Å². The second-order valence-corrected chi connectivity index (χ2v) is 4.14. The van der Waals surface area contributed by atoms with E-state index in [9.17, 15) is 9.18 Å². The highest BCUT2D eigenvalue weighted by Crippen LogP contribution is 2.19. The fraction of sp³-hybridized carbons (Fsp3) is 0.273. The molecule has 0 aliphatic heterocycles. The Labute approximate surface area is 104 Å². The number of nitrogens with two attached hydrogens (primary N) is 1. The summed E-state index contributed by atoms with van der Waals surface area (Å²) in [4.78, 5) is 12.3. The SMILES string of the molecule is CN(CC(=O)O)C(C(N)=S)c1ccc(F)cc1. The molecule has 0 amide bonds. The predicted octanol–water partition coefficient (Wildman–Crippen LogP) is 1.17. The molecule has 0 spiro atoms. The van der Waals surface area contributed by atoms with Gasteiger partial charge in [0, 0.05) is 0 Å². The minimum atomic E-state index is -0.976. The van der Waals surface area contributed by atoms with Crippen molar-refractivity contribution in [1.29, 1.82) is 0 Å². The van der Waals surface area contributed by atoms with Crippen molar-refractivity contribution in [3.8, 4) is 0 Å². The molecule has 1 rings (SSSR count). The van der Waals surface area contributed by atoms with Gasteiger partial charge in [0.1, 0.15) is 5.82 Å². The van der Waals surface area contributed by atoms with Crippen molar-refractivity contribution in [1.82, 2.24) is 4.90 Å². The molecule has 3 N–H and O–H groups in total. The zero-order valence-corrected chi connectivity index (χ0v) is 10.1. The first-order valence-corrected chi connectivity index (χ1v) is 5.29. The third-order valence-electron chi connectivity index (χ3n) is 2.28. The van der Waals surface area contributed by atoms with Gasteiger partial charge in [-0.3, -0.25) is 9.69 Å². The number of rotatable bonds is 5. The van der Waals surface area contributed by atoms with E-state index in [-0.39, 0.29) is 17.4 Å². The fourth-order valence-electron chi connectivity index (χ4n) is 1.59. The molecule has 1 atom stereocenters. The van der Waals surface area contributed by atoms with Crippen LogP contribution in [-0.2, 0) is 4.79 Å². The molecule has 1 unspecified atom stereocenters. The van der Waals surface area contributed by atoms with Crippen LogP contribution in [0, 0.1) is 5.82 Å². The Balaban J connectivity index is 2.96. The Morgan fingerprint density at radius 3 is 2.47 bits per heavy atom. The van der Waals surface area contributed by atoms with Crippen molar-refractivity contribution >= 4 is 23.2 Å². The number of halogens is 1. The maximum absolute atomic E-state index is 12.8. The third kappa shape index (κ3) is 3.76. The van der Waals surface area contributed by atoms with Crippen LogP contribution in [-0.4, -0.2) is 34.6 Å². The maximum Gasteiger partial charge on any atom is 0.317 e. The summed E-state index contributed by atoms with van der Waals surface area (Å²) < 4.78 is 12.8. The van der Waals surface area contributed by atoms with Crippen molar-refractivity contribution in [2.75, 3.05) is 13.6 Å². The summed E-state index contributed by atoms with van der Waals surface area (Å²) in [5.41, 5.74) is 6.26. The number of hydrogen-bond acceptors (Lipinski definition) is 3. The monoisotopic (exact) mass is 256 g/mol. The molecular weight excluding hydrogens is 243 g/mol. The zero-order valence-electron chi connectivity index (χ0n) is 9.26. The van der Waals surface area contributed by atoms with E-state index in [1.165, 1.54) is 29.2 Å². The highest BCUT2D eigenvalue weighted by Gasteiger charge is 2.21. The molecule has 0 saturated carbocycles. The summed E-state index contributed by atoms with van der Waals surface area (Å²) in [6, 6.07) is 5.14. The van der Waals surface area contributed by atoms with Gasteiger partial charge in [-0.05, 0) is 24.7 Å². The lowest BCUT2D eigenvalue weighted by atomic mass is 10.1. The average molecular weight is 256 g/mol. The largest absolute Gasteiger partial charge is 0.480 e. The number of carboxylic acid groups (broad SMARTS) is 1. The maximum atomic E-state index is 12.8. The first kappa shape index (κ1) is 13.5. The van der Waals surface area contributed by atoms with Crippen molar-refractivity contribution in [3.05, 3.63) is 35.6 Å². The number of hydrogen-bond donors (Lipinski definition) is 2. The molecule has 92 valence electrons. The summed E-state index contributed by atoms with van der Waals surface area (Å²) in [6.07, 6.45) is 0. The molecule has 6 heteroatoms. The molecule has 0 aliphatic rings. The van der Waals surface area contributed by atoms with Crippen molar-refractivity contribution in [3.63, 3.8) is 0 Å². The Morgan fingerprint density at radius 2 is 2.06 bits per heavy atom. The van der Waals surface area contributed by atoms with E-state index in [2.05, 4.69) is 0 Å². The lowest BCUT2D eigenvalue weighted by molar-refractivity contribution is -0.138. The van der Waals surface area contributed by atoms with Gasteiger partial charge in [-0.2, -0.15) is 0 Å². The van der Waals surface area contributed by atoms with Crippen LogP contribution in [0.2, 0.25) is 0 Å². The van der Waals surface area contributed by atoms with Crippen LogP contribution >= 0.6 is 12.2 Å². The molecule has 0 bridgehead atoms. The molecule has 17 heavy (non-hydrogen) atoms. The van der Waals surface area contributed by atoms with Gasteiger partial charge in [0.05, 0.1) is 17.6 Å². The summed E-state index contributed by atoms with van der Waals surface area (Å²) in [5.74, 6) is -1.34. The highest BCUT2D eigenvalue weighted by molar-refractivity contribution is 7.80. The normalized spacial score (nSPS) is 12.4. The molecule has 0 radical (unpaired) electrons. The van der Waals surface area contributed by atoms with E-state index < -0.39 is 12.0 Å². The van der Waals surface area contributed by atoms with Crippen molar-refractivity contribution in [2.45, 2.75) is 6.04 Å². The Morgan fingerprint density at radius 1 is 1.53 bits per heavy atom. The van der Waals surface area contributed by atoms with Crippen LogP contribution in [0.25, 0.3) is 0 Å². The van der Waals surface area contributed by atoms with Gasteiger partial charge in [-0.1, -0.05) is 24.4 Å². The van der Waals surface area contributed by atoms with Gasteiger partial charge in [-0.15, -0.1) is 0 Å². The van der Waals surface area contributed by atoms with E-state index in [1.807, 2.05) is 0 Å². The Bertz CT molecular complexity index is 422. The highest BCUT2D eigenvalue weighted by atomic mass is 32.1. The minimum absolute atomic E-state index is 0.153. The average Bonchev–Trinajstić information content (AvgIpc) is 2.19. The molecule has 1 aromatic carbocycles. The molecule has 1 aromatic rings. The van der Waals surface area contributed by atoms with E-state index in [0.717, 1.165) is 0 Å². The van der Waals surface area contributed by atoms with Crippen LogP contribution in [0.3, 0.4) is 0 Å². The van der Waals surface area contributed by atoms with Gasteiger partial charge < -0.3 is 10.8 Å². The number of carbonyl (C=O) groups is 1. The van der Waals surface area contributed by atoms with Crippen LogP contribution in [0.1, 0.15) is 11.6 Å². The molecule has 0 aliphatic carbocycles. The second-order valence-electron chi connectivity index (χ2n) is 3.67. The van der Waals surface area contributed by atoms with Crippen molar-refractivity contribution < 1.29 is 14.3 Å². The number of benzene rings is 1. The number of carboxylic acids is 1.